The fraction of sp³-hybridized carbons (Fsp3) is 0.647. The molecule has 0 bridgehead atoms. The Hall–Kier alpha value is -0.670. The summed E-state index contributed by atoms with van der Waals surface area (Å²) in [7, 11) is 1.16. The zero-order chi connectivity index (χ0) is 15.1. The van der Waals surface area contributed by atoms with Gasteiger partial charge in [0, 0.05) is 22.6 Å². The molecule has 0 aliphatic carbocycles. The van der Waals surface area contributed by atoms with E-state index >= 15 is 0 Å². The fourth-order valence-electron chi connectivity index (χ4n) is 2.33. The number of hydrogen-bond donors (Lipinski definition) is 1. The second-order valence-corrected chi connectivity index (χ2v) is 7.47. The molecule has 20 heavy (non-hydrogen) atoms. The van der Waals surface area contributed by atoms with Gasteiger partial charge in [0.2, 0.25) is 0 Å². The van der Waals surface area contributed by atoms with Crippen LogP contribution in [0.3, 0.4) is 0 Å². The Kier molecular flexibility index (Phi) is 7.46. The molecule has 1 aromatic rings. The Morgan fingerprint density at radius 3 is 2.20 bits per heavy atom. The molecule has 1 rings (SSSR count). The molecule has 0 aromatic heterocycles. The van der Waals surface area contributed by atoms with Crippen molar-refractivity contribution in [2.24, 2.45) is 5.92 Å². The van der Waals surface area contributed by atoms with Crippen molar-refractivity contribution in [3.63, 3.8) is 0 Å². The van der Waals surface area contributed by atoms with Crippen LogP contribution in [0.2, 0.25) is 0 Å². The average Bonchev–Trinajstić information content (AvgIpc) is 2.48. The van der Waals surface area contributed by atoms with Gasteiger partial charge in [-0.25, -0.2) is 0 Å². The molecule has 1 N–H and O–H groups in total. The summed E-state index contributed by atoms with van der Waals surface area (Å²) < 4.78 is 12.5. The Bertz CT molecular complexity index is 416. The molecule has 0 aliphatic rings. The van der Waals surface area contributed by atoms with Crippen molar-refractivity contribution in [2.75, 3.05) is 12.8 Å². The lowest BCUT2D eigenvalue weighted by molar-refractivity contribution is 0.558. The number of benzene rings is 1. The Morgan fingerprint density at radius 2 is 1.75 bits per heavy atom. The van der Waals surface area contributed by atoms with Gasteiger partial charge in [0.15, 0.2) is 0 Å². The molecule has 0 heterocycles. The Morgan fingerprint density at radius 1 is 1.15 bits per heavy atom. The number of aryl methyl sites for hydroxylation is 1. The molecule has 4 atom stereocenters. The van der Waals surface area contributed by atoms with E-state index < -0.39 is 10.8 Å². The molecular weight excluding hydrogens is 266 g/mol. The molecule has 0 amide bonds. The van der Waals surface area contributed by atoms with Crippen molar-refractivity contribution in [1.82, 2.24) is 5.32 Å². The van der Waals surface area contributed by atoms with Crippen LogP contribution in [0.1, 0.15) is 51.3 Å². The zero-order valence-electron chi connectivity index (χ0n) is 13.5. The molecule has 0 spiro atoms. The molecule has 0 aliphatic heterocycles. The van der Waals surface area contributed by atoms with Crippen molar-refractivity contribution < 1.29 is 4.21 Å². The Balaban J connectivity index is 2.80. The summed E-state index contributed by atoms with van der Waals surface area (Å²) >= 11 is 0. The third kappa shape index (κ3) is 4.71. The van der Waals surface area contributed by atoms with Crippen molar-refractivity contribution >= 4 is 10.8 Å². The maximum Gasteiger partial charge on any atom is 0.0514 e. The summed E-state index contributed by atoms with van der Waals surface area (Å²) in [5.41, 5.74) is 2.58. The molecule has 1 aromatic carbocycles. The highest BCUT2D eigenvalue weighted by Crippen LogP contribution is 2.22. The lowest BCUT2D eigenvalue weighted by Crippen LogP contribution is -2.32. The van der Waals surface area contributed by atoms with Crippen LogP contribution in [0.15, 0.2) is 24.3 Å². The van der Waals surface area contributed by atoms with Gasteiger partial charge in [-0.05, 0) is 37.4 Å². The van der Waals surface area contributed by atoms with Crippen LogP contribution in [0.4, 0.5) is 0 Å². The minimum absolute atomic E-state index is 0.126. The second kappa shape index (κ2) is 8.58. The normalized spacial score (nSPS) is 17.4. The van der Waals surface area contributed by atoms with E-state index in [4.69, 9.17) is 0 Å². The van der Waals surface area contributed by atoms with Crippen LogP contribution < -0.4 is 5.32 Å². The van der Waals surface area contributed by atoms with Crippen LogP contribution in [0.25, 0.3) is 0 Å². The predicted molar refractivity (Wildman–Crippen MR) is 89.5 cm³/mol. The highest BCUT2D eigenvalue weighted by Gasteiger charge is 2.23. The predicted octanol–water partition coefficient (Wildman–Crippen LogP) is 3.69. The second-order valence-electron chi connectivity index (χ2n) is 5.63. The minimum atomic E-state index is -0.795. The first-order valence-corrected chi connectivity index (χ1v) is 9.04. The van der Waals surface area contributed by atoms with Crippen LogP contribution in [0.5, 0.6) is 0 Å². The van der Waals surface area contributed by atoms with E-state index in [-0.39, 0.29) is 11.3 Å². The van der Waals surface area contributed by atoms with Crippen LogP contribution in [-0.4, -0.2) is 22.3 Å². The van der Waals surface area contributed by atoms with E-state index in [2.05, 4.69) is 57.3 Å². The van der Waals surface area contributed by atoms with Crippen molar-refractivity contribution in [2.45, 2.75) is 51.8 Å². The largest absolute Gasteiger partial charge is 0.312 e. The maximum atomic E-state index is 12.5. The van der Waals surface area contributed by atoms with Gasteiger partial charge in [-0.1, -0.05) is 51.5 Å². The topological polar surface area (TPSA) is 29.1 Å². The summed E-state index contributed by atoms with van der Waals surface area (Å²) in [5, 5.41) is 3.46. The maximum absolute atomic E-state index is 12.5. The fourth-order valence-corrected chi connectivity index (χ4v) is 4.03. The third-order valence-corrected chi connectivity index (χ3v) is 6.09. The average molecular weight is 295 g/mol. The van der Waals surface area contributed by atoms with E-state index in [1.54, 1.807) is 0 Å². The minimum Gasteiger partial charge on any atom is -0.312 e. The highest BCUT2D eigenvalue weighted by atomic mass is 32.2. The van der Waals surface area contributed by atoms with Crippen molar-refractivity contribution in [3.05, 3.63) is 35.4 Å². The molecule has 0 saturated carbocycles. The third-order valence-electron chi connectivity index (χ3n) is 4.09. The standard InChI is InChI=1S/C17H29NOS/c1-6-13(3)12-20(19)14(4)17(18-5)16-10-8-15(7-2)9-11-16/h8-11,13-14,17-18H,6-7,12H2,1-5H3. The Labute approximate surface area is 126 Å². The lowest BCUT2D eigenvalue weighted by Gasteiger charge is -2.25. The summed E-state index contributed by atoms with van der Waals surface area (Å²) in [5.74, 6) is 1.32. The van der Waals surface area contributed by atoms with Gasteiger partial charge in [0.1, 0.15) is 0 Å². The molecular formula is C17H29NOS. The van der Waals surface area contributed by atoms with E-state index in [0.29, 0.717) is 5.92 Å². The molecule has 0 saturated heterocycles. The van der Waals surface area contributed by atoms with Gasteiger partial charge in [-0.2, -0.15) is 0 Å². The molecule has 114 valence electrons. The van der Waals surface area contributed by atoms with E-state index in [9.17, 15) is 4.21 Å². The molecule has 0 radical (unpaired) electrons. The van der Waals surface area contributed by atoms with Crippen LogP contribution in [0, 0.1) is 5.92 Å². The number of hydrogen-bond acceptors (Lipinski definition) is 2. The van der Waals surface area contributed by atoms with Crippen molar-refractivity contribution in [1.29, 1.82) is 0 Å². The summed E-state index contributed by atoms with van der Waals surface area (Å²) in [6.45, 7) is 8.59. The summed E-state index contributed by atoms with van der Waals surface area (Å²) in [6.07, 6.45) is 2.15. The van der Waals surface area contributed by atoms with E-state index in [0.717, 1.165) is 18.6 Å². The molecule has 3 heteroatoms. The SMILES string of the molecule is CCc1ccc(C(NC)C(C)S(=O)CC(C)CC)cc1. The molecule has 4 unspecified atom stereocenters. The summed E-state index contributed by atoms with van der Waals surface area (Å²) in [6, 6.07) is 8.83. The van der Waals surface area contributed by atoms with Gasteiger partial charge in [-0.3, -0.25) is 4.21 Å². The van der Waals surface area contributed by atoms with E-state index in [1.165, 1.54) is 11.1 Å². The smallest absolute Gasteiger partial charge is 0.0514 e. The van der Waals surface area contributed by atoms with Gasteiger partial charge < -0.3 is 5.32 Å². The first kappa shape index (κ1) is 17.4. The first-order chi connectivity index (χ1) is 9.53. The van der Waals surface area contributed by atoms with Gasteiger partial charge in [0.05, 0.1) is 5.25 Å². The molecule has 2 nitrogen and oxygen atoms in total. The first-order valence-electron chi connectivity index (χ1n) is 7.66. The van der Waals surface area contributed by atoms with Gasteiger partial charge >= 0.3 is 0 Å². The van der Waals surface area contributed by atoms with E-state index in [1.807, 2.05) is 7.05 Å². The number of nitrogens with one attached hydrogen (secondary N) is 1. The van der Waals surface area contributed by atoms with Crippen LogP contribution >= 0.6 is 0 Å². The zero-order valence-corrected chi connectivity index (χ0v) is 14.3. The van der Waals surface area contributed by atoms with Crippen LogP contribution in [-0.2, 0) is 17.2 Å². The van der Waals surface area contributed by atoms with Gasteiger partial charge in [-0.15, -0.1) is 0 Å². The van der Waals surface area contributed by atoms with Crippen molar-refractivity contribution in [3.8, 4) is 0 Å². The lowest BCUT2D eigenvalue weighted by atomic mass is 10.0. The molecule has 0 fully saturated rings. The highest BCUT2D eigenvalue weighted by molar-refractivity contribution is 7.85. The summed E-state index contributed by atoms with van der Waals surface area (Å²) in [4.78, 5) is 0. The van der Waals surface area contributed by atoms with Gasteiger partial charge in [0.25, 0.3) is 0 Å². The quantitative estimate of drug-likeness (QED) is 0.792. The number of rotatable bonds is 8. The monoisotopic (exact) mass is 295 g/mol.